The molecule has 0 atom stereocenters. The van der Waals surface area contributed by atoms with E-state index in [0.29, 0.717) is 42.5 Å². The van der Waals surface area contributed by atoms with Crippen LogP contribution in [0.3, 0.4) is 0 Å². The Labute approximate surface area is 224 Å². The first-order chi connectivity index (χ1) is 17.7. The number of hydrogen-bond acceptors (Lipinski definition) is 8. The predicted molar refractivity (Wildman–Crippen MR) is 144 cm³/mol. The minimum atomic E-state index is -3.62. The Balaban J connectivity index is 1.21. The SMILES string of the molecule is Cc1ccc(S(=O)(=O)N2CCC(c3nc(C(=O)NN(C)c4cnc5ccccc5n4)cs3)CC2)cc1Cl. The van der Waals surface area contributed by atoms with Crippen molar-refractivity contribution in [1.29, 1.82) is 0 Å². The number of aromatic nitrogens is 3. The zero-order chi connectivity index (χ0) is 26.2. The summed E-state index contributed by atoms with van der Waals surface area (Å²) in [6.07, 6.45) is 2.85. The van der Waals surface area contributed by atoms with Gasteiger partial charge >= 0.3 is 0 Å². The lowest BCUT2D eigenvalue weighted by Gasteiger charge is -2.30. The van der Waals surface area contributed by atoms with E-state index in [1.807, 2.05) is 31.2 Å². The summed E-state index contributed by atoms with van der Waals surface area (Å²) in [5.41, 5.74) is 5.43. The zero-order valence-corrected chi connectivity index (χ0v) is 22.6. The lowest BCUT2D eigenvalue weighted by atomic mass is 9.99. The van der Waals surface area contributed by atoms with E-state index in [1.165, 1.54) is 26.7 Å². The fourth-order valence-corrected chi connectivity index (χ4v) is 6.89. The number of fused-ring (bicyclic) bond motifs is 1. The molecule has 37 heavy (non-hydrogen) atoms. The number of aryl methyl sites for hydroxylation is 1. The Morgan fingerprint density at radius 3 is 2.59 bits per heavy atom. The van der Waals surface area contributed by atoms with Crippen molar-refractivity contribution in [3.05, 3.63) is 75.3 Å². The zero-order valence-electron chi connectivity index (χ0n) is 20.3. The average molecular weight is 557 g/mol. The van der Waals surface area contributed by atoms with Gasteiger partial charge in [0, 0.05) is 36.5 Å². The molecule has 1 N–H and O–H groups in total. The van der Waals surface area contributed by atoms with Gasteiger partial charge < -0.3 is 0 Å². The van der Waals surface area contributed by atoms with Crippen LogP contribution in [0, 0.1) is 6.92 Å². The highest BCUT2D eigenvalue weighted by atomic mass is 35.5. The molecule has 1 fully saturated rings. The predicted octanol–water partition coefficient (Wildman–Crippen LogP) is 4.40. The average Bonchev–Trinajstić information content (AvgIpc) is 3.40. The largest absolute Gasteiger partial charge is 0.289 e. The first-order valence-corrected chi connectivity index (χ1v) is 14.4. The molecule has 1 aliphatic rings. The maximum Gasteiger partial charge on any atom is 0.289 e. The molecule has 5 rings (SSSR count). The molecule has 12 heteroatoms. The van der Waals surface area contributed by atoms with Crippen molar-refractivity contribution >= 4 is 55.7 Å². The van der Waals surface area contributed by atoms with Crippen LogP contribution in [0.5, 0.6) is 0 Å². The molecule has 0 saturated carbocycles. The Kier molecular flexibility index (Phi) is 7.13. The molecule has 0 unspecified atom stereocenters. The van der Waals surface area contributed by atoms with E-state index >= 15 is 0 Å². The van der Waals surface area contributed by atoms with Gasteiger partial charge in [-0.3, -0.25) is 20.2 Å². The summed E-state index contributed by atoms with van der Waals surface area (Å²) in [6.45, 7) is 2.59. The number of hydrazine groups is 1. The molecule has 192 valence electrons. The minimum Gasteiger partial charge on any atom is -0.270 e. The fourth-order valence-electron chi connectivity index (χ4n) is 4.18. The quantitative estimate of drug-likeness (QED) is 0.351. The molecule has 3 heterocycles. The van der Waals surface area contributed by atoms with Crippen molar-refractivity contribution in [1.82, 2.24) is 24.7 Å². The van der Waals surface area contributed by atoms with Gasteiger partial charge in [-0.25, -0.2) is 18.4 Å². The number of carbonyl (C=O) groups is 1. The van der Waals surface area contributed by atoms with Crippen LogP contribution in [-0.4, -0.2) is 53.7 Å². The highest BCUT2D eigenvalue weighted by Gasteiger charge is 2.31. The van der Waals surface area contributed by atoms with Gasteiger partial charge in [0.05, 0.1) is 27.1 Å². The number of thiazole rings is 1. The van der Waals surface area contributed by atoms with Crippen LogP contribution >= 0.6 is 22.9 Å². The van der Waals surface area contributed by atoms with Crippen LogP contribution < -0.4 is 10.4 Å². The molecule has 2 aromatic heterocycles. The highest BCUT2D eigenvalue weighted by molar-refractivity contribution is 7.89. The number of halogens is 1. The standard InChI is InChI=1S/C25H25ClN6O3S2/c1-16-7-8-18(13-19(16)26)37(34,35)32-11-9-17(10-12-32)25-29-22(15-36-25)24(33)30-31(2)23-14-27-20-5-3-4-6-21(20)28-23/h3-8,13-15,17H,9-12H2,1-2H3,(H,30,33). The topological polar surface area (TPSA) is 108 Å². The van der Waals surface area contributed by atoms with E-state index < -0.39 is 10.0 Å². The van der Waals surface area contributed by atoms with Crippen LogP contribution in [0.2, 0.25) is 5.02 Å². The van der Waals surface area contributed by atoms with Crippen molar-refractivity contribution in [3.8, 4) is 0 Å². The molecule has 1 aliphatic heterocycles. The Hall–Kier alpha value is -3.12. The second-order valence-corrected chi connectivity index (χ2v) is 12.1. The second kappa shape index (κ2) is 10.3. The van der Waals surface area contributed by atoms with Crippen LogP contribution in [0.1, 0.15) is 39.8 Å². The van der Waals surface area contributed by atoms with E-state index in [4.69, 9.17) is 11.6 Å². The first-order valence-electron chi connectivity index (χ1n) is 11.7. The van der Waals surface area contributed by atoms with E-state index in [9.17, 15) is 13.2 Å². The number of hydrogen-bond donors (Lipinski definition) is 1. The molecular formula is C25H25ClN6O3S2. The molecule has 0 spiro atoms. The van der Waals surface area contributed by atoms with Crippen LogP contribution in [0.15, 0.2) is 58.9 Å². The smallest absolute Gasteiger partial charge is 0.270 e. The summed E-state index contributed by atoms with van der Waals surface area (Å²) in [5, 5.41) is 4.50. The normalized spacial score (nSPS) is 15.1. The minimum absolute atomic E-state index is 0.0867. The number of rotatable bonds is 6. The molecule has 4 aromatic rings. The number of sulfonamides is 1. The van der Waals surface area contributed by atoms with Crippen molar-refractivity contribution in [2.45, 2.75) is 30.6 Å². The number of nitrogens with zero attached hydrogens (tertiary/aromatic N) is 5. The molecule has 9 nitrogen and oxygen atoms in total. The molecular weight excluding hydrogens is 532 g/mol. The van der Waals surface area contributed by atoms with Gasteiger partial charge in [-0.05, 0) is 49.6 Å². The lowest BCUT2D eigenvalue weighted by molar-refractivity contribution is 0.0946. The van der Waals surface area contributed by atoms with Crippen molar-refractivity contribution in [2.24, 2.45) is 0 Å². The third-order valence-electron chi connectivity index (χ3n) is 6.39. The van der Waals surface area contributed by atoms with Crippen LogP contribution in [-0.2, 0) is 10.0 Å². The molecule has 0 radical (unpaired) electrons. The maximum atomic E-state index is 13.1. The third-order valence-corrected chi connectivity index (χ3v) is 9.70. The van der Waals surface area contributed by atoms with E-state index in [0.717, 1.165) is 21.6 Å². The van der Waals surface area contributed by atoms with Gasteiger partial charge in [-0.1, -0.05) is 29.8 Å². The number of para-hydroxylation sites is 2. The number of carbonyl (C=O) groups excluding carboxylic acids is 1. The van der Waals surface area contributed by atoms with Crippen molar-refractivity contribution in [2.75, 3.05) is 25.1 Å². The van der Waals surface area contributed by atoms with Gasteiger partial charge in [-0.15, -0.1) is 11.3 Å². The summed E-state index contributed by atoms with van der Waals surface area (Å²) in [7, 11) is -1.92. The molecule has 1 amide bonds. The summed E-state index contributed by atoms with van der Waals surface area (Å²) in [4.78, 5) is 26.5. The van der Waals surface area contributed by atoms with Gasteiger partial charge in [0.1, 0.15) is 5.69 Å². The van der Waals surface area contributed by atoms with Crippen molar-refractivity contribution < 1.29 is 13.2 Å². The Bertz CT molecular complexity index is 1570. The van der Waals surface area contributed by atoms with Crippen LogP contribution in [0.4, 0.5) is 5.82 Å². The van der Waals surface area contributed by atoms with E-state index in [-0.39, 0.29) is 16.7 Å². The molecule has 0 bridgehead atoms. The molecule has 0 aliphatic carbocycles. The summed E-state index contributed by atoms with van der Waals surface area (Å²) in [6, 6.07) is 12.3. The van der Waals surface area contributed by atoms with Gasteiger partial charge in [0.25, 0.3) is 5.91 Å². The lowest BCUT2D eigenvalue weighted by Crippen LogP contribution is -2.40. The number of amides is 1. The molecule has 2 aromatic carbocycles. The number of nitrogens with one attached hydrogen (secondary N) is 1. The molecule has 1 saturated heterocycles. The maximum absolute atomic E-state index is 13.1. The Morgan fingerprint density at radius 2 is 1.86 bits per heavy atom. The van der Waals surface area contributed by atoms with E-state index in [1.54, 1.807) is 30.8 Å². The summed E-state index contributed by atoms with van der Waals surface area (Å²) < 4.78 is 27.6. The number of benzene rings is 2. The van der Waals surface area contributed by atoms with Crippen LogP contribution in [0.25, 0.3) is 11.0 Å². The van der Waals surface area contributed by atoms with Gasteiger partial charge in [-0.2, -0.15) is 4.31 Å². The monoisotopic (exact) mass is 556 g/mol. The highest BCUT2D eigenvalue weighted by Crippen LogP contribution is 2.33. The first kappa shape index (κ1) is 25.5. The number of anilines is 1. The second-order valence-electron chi connectivity index (χ2n) is 8.88. The third kappa shape index (κ3) is 5.30. The summed E-state index contributed by atoms with van der Waals surface area (Å²) in [5.74, 6) is 0.242. The Morgan fingerprint density at radius 1 is 1.14 bits per heavy atom. The van der Waals surface area contributed by atoms with E-state index in [2.05, 4.69) is 20.4 Å². The van der Waals surface area contributed by atoms with Crippen molar-refractivity contribution in [3.63, 3.8) is 0 Å². The van der Waals surface area contributed by atoms with Gasteiger partial charge in [0.15, 0.2) is 5.82 Å². The summed E-state index contributed by atoms with van der Waals surface area (Å²) >= 11 is 7.56. The fraction of sp³-hybridized carbons (Fsp3) is 0.280. The number of piperidine rings is 1. The van der Waals surface area contributed by atoms with Gasteiger partial charge in [0.2, 0.25) is 10.0 Å².